The molecule has 22 heavy (non-hydrogen) atoms. The number of amides is 1. The van der Waals surface area contributed by atoms with E-state index in [0.717, 1.165) is 43.6 Å². The van der Waals surface area contributed by atoms with Crippen molar-refractivity contribution in [2.24, 2.45) is 5.73 Å². The summed E-state index contributed by atoms with van der Waals surface area (Å²) in [6.07, 6.45) is 6.50. The van der Waals surface area contributed by atoms with Crippen LogP contribution < -0.4 is 16.0 Å². The van der Waals surface area contributed by atoms with E-state index in [1.807, 2.05) is 31.1 Å². The molecule has 7 heteroatoms. The molecule has 0 aliphatic rings. The normalized spacial score (nSPS) is 9.41. The van der Waals surface area contributed by atoms with Gasteiger partial charge in [-0.1, -0.05) is 18.9 Å². The molecule has 1 heterocycles. The van der Waals surface area contributed by atoms with Crippen molar-refractivity contribution in [1.29, 1.82) is 0 Å². The number of unbranched alkanes of at least 4 members (excludes halogenated alkanes) is 3. The first kappa shape index (κ1) is 23.2. The molecular formula is C15H28Cl2N4O. The lowest BCUT2D eigenvalue weighted by Gasteiger charge is -2.16. The van der Waals surface area contributed by atoms with Gasteiger partial charge in [-0.3, -0.25) is 4.79 Å². The van der Waals surface area contributed by atoms with Crippen LogP contribution in [0.5, 0.6) is 0 Å². The molecule has 0 radical (unpaired) electrons. The monoisotopic (exact) mass is 350 g/mol. The Morgan fingerprint density at radius 3 is 2.55 bits per heavy atom. The van der Waals surface area contributed by atoms with Crippen molar-refractivity contribution >= 4 is 36.5 Å². The van der Waals surface area contributed by atoms with Crippen LogP contribution in [-0.2, 0) is 11.3 Å². The Labute approximate surface area is 145 Å². The number of hydrogen-bond donors (Lipinski definition) is 2. The number of nitrogens with two attached hydrogens (primary N) is 1. The van der Waals surface area contributed by atoms with Crippen molar-refractivity contribution < 1.29 is 4.79 Å². The number of hydrogen-bond acceptors (Lipinski definition) is 4. The molecule has 0 aliphatic heterocycles. The van der Waals surface area contributed by atoms with Gasteiger partial charge in [0.05, 0.1) is 0 Å². The van der Waals surface area contributed by atoms with Crippen LogP contribution in [0.1, 0.15) is 37.7 Å². The Bertz CT molecular complexity index is 416. The molecular weight excluding hydrogens is 323 g/mol. The van der Waals surface area contributed by atoms with Crippen molar-refractivity contribution in [2.75, 3.05) is 25.5 Å². The Morgan fingerprint density at radius 1 is 1.23 bits per heavy atom. The van der Waals surface area contributed by atoms with E-state index in [4.69, 9.17) is 5.73 Å². The van der Waals surface area contributed by atoms with Gasteiger partial charge in [0.25, 0.3) is 0 Å². The fraction of sp³-hybridized carbons (Fsp3) is 0.600. The molecule has 0 saturated heterocycles. The minimum absolute atomic E-state index is 0. The van der Waals surface area contributed by atoms with E-state index in [-0.39, 0.29) is 30.7 Å². The average molecular weight is 351 g/mol. The summed E-state index contributed by atoms with van der Waals surface area (Å²) in [6.45, 7) is 1.27. The van der Waals surface area contributed by atoms with Crippen molar-refractivity contribution in [3.63, 3.8) is 0 Å². The molecule has 128 valence electrons. The highest BCUT2D eigenvalue weighted by Gasteiger charge is 2.07. The van der Waals surface area contributed by atoms with Crippen LogP contribution in [0.15, 0.2) is 18.3 Å². The predicted octanol–water partition coefficient (Wildman–Crippen LogP) is 2.52. The second kappa shape index (κ2) is 13.6. The minimum Gasteiger partial charge on any atom is -0.362 e. The van der Waals surface area contributed by atoms with Gasteiger partial charge >= 0.3 is 0 Å². The first-order valence-electron chi connectivity index (χ1n) is 7.23. The molecule has 0 bridgehead atoms. The highest BCUT2D eigenvalue weighted by Crippen LogP contribution is 2.13. The predicted molar refractivity (Wildman–Crippen MR) is 97.0 cm³/mol. The van der Waals surface area contributed by atoms with Crippen LogP contribution in [-0.4, -0.2) is 31.5 Å². The van der Waals surface area contributed by atoms with Crippen molar-refractivity contribution in [1.82, 2.24) is 10.3 Å². The second-order valence-electron chi connectivity index (χ2n) is 5.11. The molecule has 1 amide bonds. The van der Waals surface area contributed by atoms with Crippen LogP contribution in [0.25, 0.3) is 0 Å². The lowest BCUT2D eigenvalue weighted by Crippen LogP contribution is -2.24. The third kappa shape index (κ3) is 9.07. The van der Waals surface area contributed by atoms with E-state index in [9.17, 15) is 4.79 Å². The second-order valence-corrected chi connectivity index (χ2v) is 5.11. The van der Waals surface area contributed by atoms with Gasteiger partial charge in [0.1, 0.15) is 5.82 Å². The number of pyridine rings is 1. The smallest absolute Gasteiger partial charge is 0.220 e. The number of carbonyl (C=O) groups excluding carboxylic acids is 1. The molecule has 3 N–H and O–H groups in total. The molecule has 0 saturated carbocycles. The number of carbonyl (C=O) groups is 1. The van der Waals surface area contributed by atoms with E-state index in [1.165, 1.54) is 0 Å². The molecule has 1 aromatic rings. The van der Waals surface area contributed by atoms with Gasteiger partial charge in [0.15, 0.2) is 0 Å². The maximum atomic E-state index is 11.8. The van der Waals surface area contributed by atoms with Crippen molar-refractivity contribution in [2.45, 2.75) is 38.6 Å². The molecule has 0 fully saturated rings. The zero-order valence-electron chi connectivity index (χ0n) is 13.4. The van der Waals surface area contributed by atoms with Gasteiger partial charge in [0.2, 0.25) is 5.91 Å². The molecule has 1 rings (SSSR count). The fourth-order valence-corrected chi connectivity index (χ4v) is 2.04. The van der Waals surface area contributed by atoms with E-state index < -0.39 is 0 Å². The first-order chi connectivity index (χ1) is 9.65. The van der Waals surface area contributed by atoms with Crippen LogP contribution >= 0.6 is 24.8 Å². The summed E-state index contributed by atoms with van der Waals surface area (Å²) >= 11 is 0. The van der Waals surface area contributed by atoms with Gasteiger partial charge < -0.3 is 16.0 Å². The van der Waals surface area contributed by atoms with E-state index in [1.54, 1.807) is 6.20 Å². The highest BCUT2D eigenvalue weighted by molar-refractivity contribution is 5.85. The Morgan fingerprint density at radius 2 is 1.91 bits per heavy atom. The molecule has 0 atom stereocenters. The van der Waals surface area contributed by atoms with Crippen LogP contribution in [0, 0.1) is 0 Å². The Balaban J connectivity index is 0. The number of halogens is 2. The summed E-state index contributed by atoms with van der Waals surface area (Å²) < 4.78 is 0. The van der Waals surface area contributed by atoms with Crippen molar-refractivity contribution in [3.8, 4) is 0 Å². The quantitative estimate of drug-likeness (QED) is 0.671. The lowest BCUT2D eigenvalue weighted by molar-refractivity contribution is -0.121. The fourth-order valence-electron chi connectivity index (χ4n) is 2.04. The topological polar surface area (TPSA) is 71.2 Å². The summed E-state index contributed by atoms with van der Waals surface area (Å²) in [5.41, 5.74) is 6.47. The Hall–Kier alpha value is -1.04. The zero-order chi connectivity index (χ0) is 14.8. The summed E-state index contributed by atoms with van der Waals surface area (Å²) in [5, 5.41) is 2.95. The maximum absolute atomic E-state index is 11.8. The number of nitrogens with zero attached hydrogens (tertiary/aromatic N) is 2. The SMILES string of the molecule is CN(C)c1ncccc1CNC(=O)CCCCCCN.Cl.Cl. The standard InChI is InChI=1S/C15H26N4O.2ClH/c1-19(2)15-13(8-7-11-17-15)12-18-14(20)9-5-3-4-6-10-16;;/h7-8,11H,3-6,9-10,12,16H2,1-2H3,(H,18,20);2*1H. The van der Waals surface area contributed by atoms with Gasteiger partial charge in [-0.25, -0.2) is 4.98 Å². The number of anilines is 1. The summed E-state index contributed by atoms with van der Waals surface area (Å²) in [5.74, 6) is 1.00. The summed E-state index contributed by atoms with van der Waals surface area (Å²) in [6, 6.07) is 3.88. The highest BCUT2D eigenvalue weighted by atomic mass is 35.5. The zero-order valence-corrected chi connectivity index (χ0v) is 15.0. The van der Waals surface area contributed by atoms with E-state index in [0.29, 0.717) is 13.0 Å². The molecule has 0 unspecified atom stereocenters. The summed E-state index contributed by atoms with van der Waals surface area (Å²) in [4.78, 5) is 18.0. The van der Waals surface area contributed by atoms with Gasteiger partial charge in [0, 0.05) is 38.8 Å². The van der Waals surface area contributed by atoms with Crippen LogP contribution in [0.2, 0.25) is 0 Å². The molecule has 0 aromatic carbocycles. The van der Waals surface area contributed by atoms with Gasteiger partial charge in [-0.15, -0.1) is 24.8 Å². The third-order valence-corrected chi connectivity index (χ3v) is 3.13. The maximum Gasteiger partial charge on any atom is 0.220 e. The average Bonchev–Trinajstić information content (AvgIpc) is 2.45. The molecule has 1 aromatic heterocycles. The van der Waals surface area contributed by atoms with Gasteiger partial charge in [-0.05, 0) is 25.5 Å². The number of nitrogens with one attached hydrogen (secondary N) is 1. The number of aromatic nitrogens is 1. The molecule has 0 aliphatic carbocycles. The van der Waals surface area contributed by atoms with E-state index in [2.05, 4.69) is 10.3 Å². The van der Waals surface area contributed by atoms with Crippen LogP contribution in [0.3, 0.4) is 0 Å². The first-order valence-corrected chi connectivity index (χ1v) is 7.23. The van der Waals surface area contributed by atoms with Crippen molar-refractivity contribution in [3.05, 3.63) is 23.9 Å². The van der Waals surface area contributed by atoms with Gasteiger partial charge in [-0.2, -0.15) is 0 Å². The molecule has 0 spiro atoms. The Kier molecular flexibility index (Phi) is 14.4. The molecule has 5 nitrogen and oxygen atoms in total. The summed E-state index contributed by atoms with van der Waals surface area (Å²) in [7, 11) is 3.90. The number of rotatable bonds is 9. The minimum atomic E-state index is 0. The van der Waals surface area contributed by atoms with Crippen LogP contribution in [0.4, 0.5) is 5.82 Å². The lowest BCUT2D eigenvalue weighted by atomic mass is 10.1. The third-order valence-electron chi connectivity index (χ3n) is 3.13. The largest absolute Gasteiger partial charge is 0.362 e. The van der Waals surface area contributed by atoms with E-state index >= 15 is 0 Å².